The first-order valence-electron chi connectivity index (χ1n) is 12.4. The van der Waals surface area contributed by atoms with Crippen LogP contribution in [-0.4, -0.2) is 19.6 Å². The Balaban J connectivity index is 1.36. The number of hydrogen-bond acceptors (Lipinski definition) is 5. The zero-order valence-corrected chi connectivity index (χ0v) is 23.3. The van der Waals surface area contributed by atoms with Gasteiger partial charge in [0.05, 0.1) is 16.7 Å². The summed E-state index contributed by atoms with van der Waals surface area (Å²) in [5.41, 5.74) is 3.90. The molecule has 10 heteroatoms. The fourth-order valence-electron chi connectivity index (χ4n) is 4.88. The van der Waals surface area contributed by atoms with Crippen LogP contribution in [0.25, 0.3) is 5.69 Å². The van der Waals surface area contributed by atoms with Crippen LogP contribution in [-0.2, 0) is 0 Å². The van der Waals surface area contributed by atoms with Gasteiger partial charge in [-0.3, -0.25) is 15.1 Å². The first-order chi connectivity index (χ1) is 19.5. The molecule has 0 aliphatic carbocycles. The van der Waals surface area contributed by atoms with Gasteiger partial charge in [0.2, 0.25) is 0 Å². The van der Waals surface area contributed by atoms with Crippen molar-refractivity contribution in [3.63, 3.8) is 0 Å². The molecule has 2 atom stereocenters. The molecule has 6 rings (SSSR count). The monoisotopic (exact) mass is 583 g/mol. The zero-order chi connectivity index (χ0) is 27.6. The number of benzene rings is 3. The van der Waals surface area contributed by atoms with Crippen molar-refractivity contribution in [3.05, 3.63) is 142 Å². The molecule has 0 bridgehead atoms. The molecule has 1 fully saturated rings. The number of halogens is 1. The van der Waals surface area contributed by atoms with E-state index in [1.807, 2.05) is 79.0 Å². The third kappa shape index (κ3) is 5.19. The molecule has 2 aromatic heterocycles. The predicted molar refractivity (Wildman–Crippen MR) is 162 cm³/mol. The van der Waals surface area contributed by atoms with Crippen molar-refractivity contribution in [3.8, 4) is 5.69 Å². The summed E-state index contributed by atoms with van der Waals surface area (Å²) in [4.78, 5) is 19.3. The largest absolute Gasteiger partial charge is 0.351 e. The van der Waals surface area contributed by atoms with Gasteiger partial charge in [-0.2, -0.15) is 0 Å². The van der Waals surface area contributed by atoms with Gasteiger partial charge < -0.3 is 14.8 Å². The second kappa shape index (κ2) is 11.1. The van der Waals surface area contributed by atoms with Gasteiger partial charge in [0, 0.05) is 56.4 Å². The fraction of sp³-hybridized carbons (Fsp3) is 0.0667. The highest BCUT2D eigenvalue weighted by Crippen LogP contribution is 2.43. The summed E-state index contributed by atoms with van der Waals surface area (Å²) >= 11 is 13.8. The van der Waals surface area contributed by atoms with Gasteiger partial charge in [-0.05, 0) is 91.1 Å². The molecule has 5 aromatic rings. The van der Waals surface area contributed by atoms with Crippen LogP contribution in [0.15, 0.2) is 125 Å². The minimum absolute atomic E-state index is 0.0748. The standard InChI is InChI=1S/C30H22ClN5O2S2/c31-20-5-3-6-23(19-20)34-18-4-8-27(34)29-28(26-7-1-2-17-32-26)33-30(39)35(29)21-9-13-24(14-10-21)40-25-15-11-22(12-16-25)36(37)38/h1-19,28-29H,(H,33,39)/t28-,29+/m1/s1. The molecule has 0 unspecified atom stereocenters. The highest BCUT2D eigenvalue weighted by molar-refractivity contribution is 7.99. The molecule has 3 heterocycles. The van der Waals surface area contributed by atoms with Crippen molar-refractivity contribution in [2.24, 2.45) is 0 Å². The normalized spacial score (nSPS) is 16.6. The van der Waals surface area contributed by atoms with Crippen molar-refractivity contribution in [1.29, 1.82) is 0 Å². The van der Waals surface area contributed by atoms with E-state index in [1.165, 1.54) is 12.1 Å². The third-order valence-electron chi connectivity index (χ3n) is 6.67. The number of non-ortho nitro benzene ring substituents is 1. The molecule has 1 aliphatic rings. The summed E-state index contributed by atoms with van der Waals surface area (Å²) in [5, 5.41) is 15.8. The summed E-state index contributed by atoms with van der Waals surface area (Å²) in [5.74, 6) is 0. The molecule has 0 spiro atoms. The Morgan fingerprint density at radius 2 is 1.65 bits per heavy atom. The number of aromatic nitrogens is 2. The molecule has 7 nitrogen and oxygen atoms in total. The Labute approximate surface area is 245 Å². The Kier molecular flexibility index (Phi) is 7.25. The quantitative estimate of drug-likeness (QED) is 0.119. The highest BCUT2D eigenvalue weighted by atomic mass is 35.5. The van der Waals surface area contributed by atoms with E-state index >= 15 is 0 Å². The maximum atomic E-state index is 11.0. The van der Waals surface area contributed by atoms with Crippen LogP contribution in [0.3, 0.4) is 0 Å². The van der Waals surface area contributed by atoms with Crippen LogP contribution in [0.2, 0.25) is 5.02 Å². The van der Waals surface area contributed by atoms with Gasteiger partial charge in [0.15, 0.2) is 5.11 Å². The van der Waals surface area contributed by atoms with E-state index in [-0.39, 0.29) is 17.8 Å². The summed E-state index contributed by atoms with van der Waals surface area (Å²) in [7, 11) is 0. The van der Waals surface area contributed by atoms with Crippen molar-refractivity contribution in [2.45, 2.75) is 21.9 Å². The van der Waals surface area contributed by atoms with Gasteiger partial charge in [0.1, 0.15) is 6.04 Å². The first-order valence-corrected chi connectivity index (χ1v) is 14.0. The molecule has 0 radical (unpaired) electrons. The van der Waals surface area contributed by atoms with E-state index in [9.17, 15) is 10.1 Å². The second-order valence-corrected chi connectivity index (χ2v) is 11.1. The highest BCUT2D eigenvalue weighted by Gasteiger charge is 2.42. The van der Waals surface area contributed by atoms with E-state index in [4.69, 9.17) is 23.8 Å². The fourth-order valence-corrected chi connectivity index (χ4v) is 6.22. The number of hydrogen-bond donors (Lipinski definition) is 1. The van der Waals surface area contributed by atoms with Gasteiger partial charge in [-0.25, -0.2) is 0 Å². The molecular formula is C30H22ClN5O2S2. The Hall–Kier alpha value is -4.18. The first kappa shape index (κ1) is 26.1. The number of nitro benzene ring substituents is 1. The summed E-state index contributed by atoms with van der Waals surface area (Å²) < 4.78 is 2.13. The molecule has 3 aromatic carbocycles. The smallest absolute Gasteiger partial charge is 0.269 e. The van der Waals surface area contributed by atoms with Crippen LogP contribution in [0, 0.1) is 10.1 Å². The van der Waals surface area contributed by atoms with Crippen LogP contribution in [0.5, 0.6) is 0 Å². The lowest BCUT2D eigenvalue weighted by Gasteiger charge is -2.29. The molecule has 1 saturated heterocycles. The van der Waals surface area contributed by atoms with Crippen LogP contribution in [0.4, 0.5) is 11.4 Å². The number of anilines is 1. The molecule has 0 amide bonds. The SMILES string of the molecule is O=[N+]([O-])c1ccc(Sc2ccc(N3C(=S)N[C@H](c4ccccn4)[C@@H]3c3cccn3-c3cccc(Cl)c3)cc2)cc1. The maximum Gasteiger partial charge on any atom is 0.269 e. The number of pyridine rings is 1. The Morgan fingerprint density at radius 1 is 0.900 bits per heavy atom. The van der Waals surface area contributed by atoms with Crippen LogP contribution < -0.4 is 10.2 Å². The lowest BCUT2D eigenvalue weighted by molar-refractivity contribution is -0.384. The molecule has 1 aliphatic heterocycles. The van der Waals surface area contributed by atoms with Crippen molar-refractivity contribution in [2.75, 3.05) is 4.90 Å². The predicted octanol–water partition coefficient (Wildman–Crippen LogP) is 7.76. The average Bonchev–Trinajstić information content (AvgIpc) is 3.59. The molecule has 40 heavy (non-hydrogen) atoms. The lowest BCUT2D eigenvalue weighted by Crippen LogP contribution is -2.30. The molecule has 198 valence electrons. The second-order valence-electron chi connectivity index (χ2n) is 9.13. The summed E-state index contributed by atoms with van der Waals surface area (Å²) in [6.07, 6.45) is 3.82. The van der Waals surface area contributed by atoms with Crippen LogP contribution in [0.1, 0.15) is 23.5 Å². The van der Waals surface area contributed by atoms with Gasteiger partial charge in [-0.1, -0.05) is 35.5 Å². The number of rotatable bonds is 7. The minimum atomic E-state index is -0.395. The third-order valence-corrected chi connectivity index (χ3v) is 8.23. The van der Waals surface area contributed by atoms with E-state index < -0.39 is 4.92 Å². The number of nitrogens with zero attached hydrogens (tertiary/aromatic N) is 4. The van der Waals surface area contributed by atoms with Gasteiger partial charge >= 0.3 is 0 Å². The van der Waals surface area contributed by atoms with E-state index in [1.54, 1.807) is 30.1 Å². The number of nitro groups is 1. The Morgan fingerprint density at radius 3 is 2.33 bits per heavy atom. The lowest BCUT2D eigenvalue weighted by atomic mass is 10.0. The van der Waals surface area contributed by atoms with E-state index in [2.05, 4.69) is 25.8 Å². The average molecular weight is 584 g/mol. The number of nitrogens with one attached hydrogen (secondary N) is 1. The molecule has 0 saturated carbocycles. The van der Waals surface area contributed by atoms with Gasteiger partial charge in [0.25, 0.3) is 5.69 Å². The molecule has 1 N–H and O–H groups in total. The minimum Gasteiger partial charge on any atom is -0.351 e. The van der Waals surface area contributed by atoms with Crippen LogP contribution >= 0.6 is 35.6 Å². The maximum absolute atomic E-state index is 11.0. The topological polar surface area (TPSA) is 76.2 Å². The Bertz CT molecular complexity index is 1680. The summed E-state index contributed by atoms with van der Waals surface area (Å²) in [6, 6.07) is 32.1. The van der Waals surface area contributed by atoms with Crippen molar-refractivity contribution in [1.82, 2.24) is 14.9 Å². The van der Waals surface area contributed by atoms with Gasteiger partial charge in [-0.15, -0.1) is 0 Å². The van der Waals surface area contributed by atoms with E-state index in [0.29, 0.717) is 10.1 Å². The van der Waals surface area contributed by atoms with Crippen molar-refractivity contribution >= 4 is 52.1 Å². The van der Waals surface area contributed by atoms with E-state index in [0.717, 1.165) is 32.6 Å². The number of thiocarbonyl (C=S) groups is 1. The van der Waals surface area contributed by atoms with Crippen molar-refractivity contribution < 1.29 is 4.92 Å². The summed E-state index contributed by atoms with van der Waals surface area (Å²) in [6.45, 7) is 0. The molecular weight excluding hydrogens is 562 g/mol. The zero-order valence-electron chi connectivity index (χ0n) is 20.9.